The zero-order chi connectivity index (χ0) is 31.2. The number of thiazole rings is 2. The van der Waals surface area contributed by atoms with Gasteiger partial charge in [0.05, 0.1) is 23.2 Å². The molecule has 0 aliphatic carbocycles. The van der Waals surface area contributed by atoms with Crippen LogP contribution in [-0.4, -0.2) is 76.6 Å². The molecule has 0 radical (unpaired) electrons. The van der Waals surface area contributed by atoms with Crippen LogP contribution in [0.4, 0.5) is 5.69 Å². The fourth-order valence-electron chi connectivity index (χ4n) is 5.21. The van der Waals surface area contributed by atoms with Gasteiger partial charge in [-0.05, 0) is 21.8 Å². The molecule has 3 heterocycles. The van der Waals surface area contributed by atoms with E-state index in [4.69, 9.17) is 11.6 Å². The van der Waals surface area contributed by atoms with Crippen LogP contribution in [0.3, 0.4) is 0 Å². The number of carbonyl (C=O) groups excluding carboxylic acids is 3. The minimum atomic E-state index is -0.214. The number of nitrogens with one attached hydrogen (secondary N) is 2. The van der Waals surface area contributed by atoms with E-state index >= 15 is 0 Å². The molecule has 0 spiro atoms. The van der Waals surface area contributed by atoms with Gasteiger partial charge in [0.15, 0.2) is 0 Å². The molecule has 45 heavy (non-hydrogen) atoms. The number of phenols is 1. The molecule has 3 N–H and O–H groups in total. The van der Waals surface area contributed by atoms with Crippen molar-refractivity contribution in [3.8, 4) is 16.5 Å². The highest BCUT2D eigenvalue weighted by molar-refractivity contribution is 7.95. The summed E-state index contributed by atoms with van der Waals surface area (Å²) in [4.78, 5) is 48.9. The van der Waals surface area contributed by atoms with Gasteiger partial charge in [-0.15, -0.1) is 34.3 Å². The molecule has 2 aromatic carbocycles. The molecule has 9 nitrogen and oxygen atoms in total. The van der Waals surface area contributed by atoms with E-state index in [1.165, 1.54) is 22.7 Å². The van der Waals surface area contributed by atoms with Gasteiger partial charge in [0.25, 0.3) is 5.91 Å². The number of anilines is 1. The molecule has 0 bridgehead atoms. The Morgan fingerprint density at radius 3 is 2.60 bits per heavy atom. The van der Waals surface area contributed by atoms with Crippen molar-refractivity contribution in [2.75, 3.05) is 48.7 Å². The maximum atomic E-state index is 13.2. The van der Waals surface area contributed by atoms with E-state index in [1.54, 1.807) is 16.3 Å². The Balaban J connectivity index is 0.00000461. The Labute approximate surface area is 295 Å². The number of rotatable bonds is 13. The lowest BCUT2D eigenvalue weighted by atomic mass is 9.95. The molecule has 4 aromatic rings. The van der Waals surface area contributed by atoms with Gasteiger partial charge >= 0.3 is 0 Å². The number of hydrogen-bond donors (Lipinski definition) is 3. The quantitative estimate of drug-likeness (QED) is 0.0823. The minimum Gasteiger partial charge on any atom is -1.00 e. The van der Waals surface area contributed by atoms with E-state index < -0.39 is 0 Å². The summed E-state index contributed by atoms with van der Waals surface area (Å²) < 4.78 is 0. The number of phenolic OH excluding ortho intramolecular Hbond substituents is 1. The van der Waals surface area contributed by atoms with Crippen LogP contribution >= 0.6 is 34.3 Å². The monoisotopic (exact) mass is 799 g/mol. The largest absolute Gasteiger partial charge is 1.00 e. The van der Waals surface area contributed by atoms with Gasteiger partial charge in [-0.1, -0.05) is 24.3 Å². The molecule has 14 heteroatoms. The number of benzene rings is 2. The molecule has 1 atom stereocenters. The van der Waals surface area contributed by atoms with Crippen molar-refractivity contribution >= 4 is 79.4 Å². The van der Waals surface area contributed by atoms with E-state index in [9.17, 15) is 19.5 Å². The molecule has 3 amide bonds. The third-order valence-electron chi connectivity index (χ3n) is 7.38. The zero-order valence-corrected chi connectivity index (χ0v) is 30.3. The number of halogens is 2. The van der Waals surface area contributed by atoms with Gasteiger partial charge in [0.2, 0.25) is 11.8 Å². The number of aromatic nitrogens is 2. The summed E-state index contributed by atoms with van der Waals surface area (Å²) in [5, 5.41) is 23.2. The van der Waals surface area contributed by atoms with Gasteiger partial charge < -0.3 is 44.6 Å². The second-order valence-electron chi connectivity index (χ2n) is 10.8. The van der Waals surface area contributed by atoms with Crippen molar-refractivity contribution in [3.63, 3.8) is 0 Å². The third kappa shape index (κ3) is 8.67. The maximum Gasteiger partial charge on any atom is 0.270 e. The molecule has 1 unspecified atom stereocenters. The van der Waals surface area contributed by atoms with Crippen LogP contribution in [0, 0.1) is 0 Å². The number of amides is 3. The van der Waals surface area contributed by atoms with E-state index in [0.717, 1.165) is 33.5 Å². The highest BCUT2D eigenvalue weighted by atomic mass is 127. The first kappa shape index (κ1) is 35.4. The minimum absolute atomic E-state index is 0. The standard InChI is InChI=1S/C31H34ClN5O4S3.HI/c1-44(2)13-5-11-34-30(41)22-17-43-31(36-22)23-18-42-27(35-23)10-12-33-26(39)8-9-28(40)37-16-19(15-32)29-21-7-4-3-6-20(21)25(38)14-24(29)37;/h3-4,6-7,14,17-19H,5,8-13,15-16H2,1-2H3,(H2-,33,34,38,39,41);1H. The molecule has 0 saturated heterocycles. The van der Waals surface area contributed by atoms with Crippen LogP contribution in [-0.2, 0) is 26.9 Å². The van der Waals surface area contributed by atoms with E-state index in [1.807, 2.05) is 29.6 Å². The van der Waals surface area contributed by atoms with Crippen molar-refractivity contribution in [1.82, 2.24) is 20.6 Å². The molecular formula is C31H35ClIN5O4S3. The molecule has 5 rings (SSSR count). The predicted octanol–water partition coefficient (Wildman–Crippen LogP) is 1.94. The number of fused-ring (bicyclic) bond motifs is 3. The molecule has 0 saturated carbocycles. The lowest BCUT2D eigenvalue weighted by Crippen LogP contribution is -3.00. The van der Waals surface area contributed by atoms with Crippen LogP contribution < -0.4 is 39.5 Å². The van der Waals surface area contributed by atoms with Gasteiger partial charge in [-0.2, -0.15) is 0 Å². The lowest BCUT2D eigenvalue weighted by molar-refractivity contribution is -0.125. The van der Waals surface area contributed by atoms with Crippen molar-refractivity contribution in [2.24, 2.45) is 0 Å². The van der Waals surface area contributed by atoms with Crippen molar-refractivity contribution in [3.05, 3.63) is 57.4 Å². The Kier molecular flexibility index (Phi) is 12.9. The Morgan fingerprint density at radius 2 is 1.84 bits per heavy atom. The summed E-state index contributed by atoms with van der Waals surface area (Å²) >= 11 is 9.13. The number of alkyl halides is 1. The zero-order valence-electron chi connectivity index (χ0n) is 25.0. The van der Waals surface area contributed by atoms with E-state index in [0.29, 0.717) is 64.9 Å². The second-order valence-corrected chi connectivity index (χ2v) is 15.3. The van der Waals surface area contributed by atoms with Gasteiger partial charge in [-0.25, -0.2) is 9.97 Å². The highest BCUT2D eigenvalue weighted by Crippen LogP contribution is 2.45. The molecule has 0 fully saturated rings. The van der Waals surface area contributed by atoms with Gasteiger partial charge in [0, 0.05) is 79.3 Å². The maximum absolute atomic E-state index is 13.2. The van der Waals surface area contributed by atoms with E-state index in [2.05, 4.69) is 33.1 Å². The van der Waals surface area contributed by atoms with E-state index in [-0.39, 0.29) is 66.2 Å². The van der Waals surface area contributed by atoms with Crippen LogP contribution in [0.1, 0.15) is 46.2 Å². The van der Waals surface area contributed by atoms with Crippen molar-refractivity contribution in [2.45, 2.75) is 31.6 Å². The SMILES string of the molecule is C[S+](C)CCCNC(=O)c1csc(-c2csc(CCNC(=O)CCC(=O)N3CC(CCl)c4c3cc(O)c3ccccc43)n2)n1.[I-]. The summed E-state index contributed by atoms with van der Waals surface area (Å²) in [5.74, 6) is 0.943. The fourth-order valence-corrected chi connectivity index (χ4v) is 7.80. The van der Waals surface area contributed by atoms with Crippen LogP contribution in [0.5, 0.6) is 5.75 Å². The summed E-state index contributed by atoms with van der Waals surface area (Å²) in [6.45, 7) is 1.45. The number of hydrogen-bond acceptors (Lipinski definition) is 8. The second kappa shape index (κ2) is 16.4. The highest BCUT2D eigenvalue weighted by Gasteiger charge is 2.34. The first-order valence-corrected chi connectivity index (χ1v) is 18.9. The predicted molar refractivity (Wildman–Crippen MR) is 182 cm³/mol. The lowest BCUT2D eigenvalue weighted by Gasteiger charge is -2.18. The smallest absolute Gasteiger partial charge is 0.270 e. The molecule has 240 valence electrons. The molecular weight excluding hydrogens is 765 g/mol. The topological polar surface area (TPSA) is 125 Å². The first-order valence-electron chi connectivity index (χ1n) is 14.4. The fraction of sp³-hybridized carbons (Fsp3) is 0.387. The van der Waals surface area contributed by atoms with Gasteiger partial charge in [-0.3, -0.25) is 14.4 Å². The summed E-state index contributed by atoms with van der Waals surface area (Å²) in [5.41, 5.74) is 2.73. The van der Waals surface area contributed by atoms with Crippen molar-refractivity contribution < 1.29 is 43.5 Å². The Morgan fingerprint density at radius 1 is 1.07 bits per heavy atom. The summed E-state index contributed by atoms with van der Waals surface area (Å²) in [7, 11) is 0.364. The molecule has 2 aromatic heterocycles. The average Bonchev–Trinajstić information content (AvgIpc) is 3.77. The van der Waals surface area contributed by atoms with Gasteiger partial charge in [0.1, 0.15) is 27.9 Å². The first-order chi connectivity index (χ1) is 21.2. The number of nitrogens with zero attached hydrogens (tertiary/aromatic N) is 3. The molecule has 1 aliphatic rings. The van der Waals surface area contributed by atoms with Crippen molar-refractivity contribution in [1.29, 1.82) is 0 Å². The molecule has 1 aliphatic heterocycles. The van der Waals surface area contributed by atoms with Crippen LogP contribution in [0.2, 0.25) is 0 Å². The summed E-state index contributed by atoms with van der Waals surface area (Å²) in [6, 6.07) is 9.18. The summed E-state index contributed by atoms with van der Waals surface area (Å²) in [6.07, 6.45) is 5.98. The van der Waals surface area contributed by atoms with Crippen LogP contribution in [0.25, 0.3) is 21.5 Å². The number of carbonyl (C=O) groups is 3. The Bertz CT molecular complexity index is 1660. The number of aromatic hydroxyl groups is 1. The Hall–Kier alpha value is -2.46. The van der Waals surface area contributed by atoms with Crippen LogP contribution in [0.15, 0.2) is 41.1 Å². The third-order valence-corrected chi connectivity index (χ3v) is 10.6. The average molecular weight is 800 g/mol. The normalized spacial score (nSPS) is 14.0.